The van der Waals surface area contributed by atoms with Crippen molar-refractivity contribution in [2.24, 2.45) is 5.92 Å². The fourth-order valence-electron chi connectivity index (χ4n) is 1.69. The lowest BCUT2D eigenvalue weighted by atomic mass is 10.0. The summed E-state index contributed by atoms with van der Waals surface area (Å²) in [5, 5.41) is 3.27. The molecular weight excluding hydrogens is 290 g/mol. The Morgan fingerprint density at radius 3 is 2.10 bits per heavy atom. The second-order valence-corrected chi connectivity index (χ2v) is 6.67. The van der Waals surface area contributed by atoms with Crippen molar-refractivity contribution >= 4 is 23.5 Å². The Hall–Kier alpha value is -1.55. The van der Waals surface area contributed by atoms with Crippen LogP contribution in [0, 0.1) is 5.92 Å². The zero-order valence-electron chi connectivity index (χ0n) is 13.1. The van der Waals surface area contributed by atoms with Crippen molar-refractivity contribution in [2.45, 2.75) is 46.3 Å². The van der Waals surface area contributed by atoms with E-state index in [2.05, 4.69) is 5.32 Å². The second-order valence-electron chi connectivity index (χ2n) is 6.24. The first-order valence-electron chi connectivity index (χ1n) is 6.89. The molecule has 0 spiro atoms. The third-order valence-electron chi connectivity index (χ3n) is 2.72. The van der Waals surface area contributed by atoms with Crippen molar-refractivity contribution in [1.29, 1.82) is 0 Å². The first-order chi connectivity index (χ1) is 9.60. The molecule has 1 aromatic carbocycles. The Bertz CT molecular complexity index is 503. The molecule has 116 valence electrons. The number of carbonyl (C=O) groups excluding carboxylic acids is 2. The van der Waals surface area contributed by atoms with Gasteiger partial charge in [-0.1, -0.05) is 25.4 Å². The summed E-state index contributed by atoms with van der Waals surface area (Å²) >= 11 is 5.79. The summed E-state index contributed by atoms with van der Waals surface area (Å²) in [6.07, 6.45) is 0. The van der Waals surface area contributed by atoms with Crippen LogP contribution in [-0.2, 0) is 9.53 Å². The number of benzene rings is 1. The van der Waals surface area contributed by atoms with Crippen molar-refractivity contribution in [3.63, 3.8) is 0 Å². The highest BCUT2D eigenvalue weighted by atomic mass is 35.5. The maximum atomic E-state index is 12.2. The summed E-state index contributed by atoms with van der Waals surface area (Å²) in [7, 11) is 0. The molecule has 0 aliphatic rings. The van der Waals surface area contributed by atoms with Crippen LogP contribution < -0.4 is 5.32 Å². The van der Waals surface area contributed by atoms with Gasteiger partial charge in [0.25, 0.3) is 5.91 Å². The molecule has 1 amide bonds. The smallest absolute Gasteiger partial charge is 0.329 e. The SMILES string of the molecule is CC(C)[C@@H](NC(=O)c1ccc(Cl)cc1)C(=O)OC(C)(C)C. The number of carbonyl (C=O) groups is 2. The molecule has 21 heavy (non-hydrogen) atoms. The van der Waals surface area contributed by atoms with Gasteiger partial charge in [0, 0.05) is 10.6 Å². The van der Waals surface area contributed by atoms with Crippen LogP contribution in [0.15, 0.2) is 24.3 Å². The Kier molecular flexibility index (Phi) is 5.78. The zero-order valence-corrected chi connectivity index (χ0v) is 13.8. The minimum Gasteiger partial charge on any atom is -0.458 e. The lowest BCUT2D eigenvalue weighted by Crippen LogP contribution is -2.47. The van der Waals surface area contributed by atoms with E-state index in [-0.39, 0.29) is 11.8 Å². The van der Waals surface area contributed by atoms with Gasteiger partial charge in [0.15, 0.2) is 0 Å². The molecule has 0 saturated heterocycles. The molecular formula is C16H22ClNO3. The van der Waals surface area contributed by atoms with Crippen LogP contribution in [0.1, 0.15) is 45.0 Å². The minimum absolute atomic E-state index is 0.0731. The van der Waals surface area contributed by atoms with Crippen LogP contribution in [0.25, 0.3) is 0 Å². The van der Waals surface area contributed by atoms with Crippen molar-refractivity contribution < 1.29 is 14.3 Å². The lowest BCUT2D eigenvalue weighted by molar-refractivity contribution is -0.158. The highest BCUT2D eigenvalue weighted by Gasteiger charge is 2.29. The largest absolute Gasteiger partial charge is 0.458 e. The van der Waals surface area contributed by atoms with E-state index in [0.717, 1.165) is 0 Å². The molecule has 0 aliphatic carbocycles. The fourth-order valence-corrected chi connectivity index (χ4v) is 1.81. The van der Waals surface area contributed by atoms with Crippen LogP contribution >= 0.6 is 11.6 Å². The van der Waals surface area contributed by atoms with Crippen molar-refractivity contribution in [3.8, 4) is 0 Å². The first kappa shape index (κ1) is 17.5. The van der Waals surface area contributed by atoms with Gasteiger partial charge in [-0.2, -0.15) is 0 Å². The molecule has 1 N–H and O–H groups in total. The predicted octanol–water partition coefficient (Wildman–Crippen LogP) is 3.44. The molecule has 0 heterocycles. The lowest BCUT2D eigenvalue weighted by Gasteiger charge is -2.26. The van der Waals surface area contributed by atoms with Gasteiger partial charge in [-0.25, -0.2) is 4.79 Å². The molecule has 1 atom stereocenters. The topological polar surface area (TPSA) is 55.4 Å². The van der Waals surface area contributed by atoms with E-state index >= 15 is 0 Å². The molecule has 0 aromatic heterocycles. The Morgan fingerprint density at radius 2 is 1.67 bits per heavy atom. The summed E-state index contributed by atoms with van der Waals surface area (Å²) in [5.74, 6) is -0.827. The van der Waals surface area contributed by atoms with E-state index in [4.69, 9.17) is 16.3 Å². The number of hydrogen-bond acceptors (Lipinski definition) is 3. The van der Waals surface area contributed by atoms with E-state index in [1.165, 1.54) is 0 Å². The highest BCUT2D eigenvalue weighted by molar-refractivity contribution is 6.30. The van der Waals surface area contributed by atoms with Crippen molar-refractivity contribution in [1.82, 2.24) is 5.32 Å². The number of amides is 1. The Balaban J connectivity index is 2.81. The molecule has 0 fully saturated rings. The maximum Gasteiger partial charge on any atom is 0.329 e. The average Bonchev–Trinajstić information content (AvgIpc) is 2.33. The monoisotopic (exact) mass is 311 g/mol. The van der Waals surface area contributed by atoms with Gasteiger partial charge < -0.3 is 10.1 Å². The summed E-state index contributed by atoms with van der Waals surface area (Å²) in [5.41, 5.74) is -0.136. The van der Waals surface area contributed by atoms with Crippen LogP contribution in [0.2, 0.25) is 5.02 Å². The van der Waals surface area contributed by atoms with Crippen molar-refractivity contribution in [3.05, 3.63) is 34.9 Å². The molecule has 0 radical (unpaired) electrons. The van der Waals surface area contributed by atoms with E-state index in [9.17, 15) is 9.59 Å². The summed E-state index contributed by atoms with van der Waals surface area (Å²) in [6, 6.07) is 5.81. The molecule has 0 aliphatic heterocycles. The molecule has 0 unspecified atom stereocenters. The molecule has 0 bridgehead atoms. The third-order valence-corrected chi connectivity index (χ3v) is 2.97. The van der Waals surface area contributed by atoms with Gasteiger partial charge in [0.1, 0.15) is 11.6 Å². The van der Waals surface area contributed by atoms with Crippen LogP contribution in [0.4, 0.5) is 0 Å². The number of nitrogens with one attached hydrogen (secondary N) is 1. The second kappa shape index (κ2) is 6.94. The molecule has 0 saturated carbocycles. The number of ether oxygens (including phenoxy) is 1. The molecule has 5 heteroatoms. The predicted molar refractivity (Wildman–Crippen MR) is 83.4 cm³/mol. The Labute approximate surface area is 130 Å². The normalized spacial score (nSPS) is 12.9. The summed E-state index contributed by atoms with van der Waals surface area (Å²) in [6.45, 7) is 9.10. The fraction of sp³-hybridized carbons (Fsp3) is 0.500. The molecule has 1 rings (SSSR count). The number of halogens is 1. The van der Waals surface area contributed by atoms with Gasteiger partial charge in [-0.3, -0.25) is 4.79 Å². The van der Waals surface area contributed by atoms with Crippen LogP contribution in [-0.4, -0.2) is 23.5 Å². The molecule has 4 nitrogen and oxygen atoms in total. The average molecular weight is 312 g/mol. The van der Waals surface area contributed by atoms with Gasteiger partial charge in [0.2, 0.25) is 0 Å². The zero-order chi connectivity index (χ0) is 16.2. The van der Waals surface area contributed by atoms with Gasteiger partial charge in [-0.05, 0) is 51.0 Å². The van der Waals surface area contributed by atoms with Gasteiger partial charge in [-0.15, -0.1) is 0 Å². The van der Waals surface area contributed by atoms with E-state index in [1.54, 1.807) is 45.0 Å². The highest BCUT2D eigenvalue weighted by Crippen LogP contribution is 2.14. The number of esters is 1. The maximum absolute atomic E-state index is 12.2. The van der Waals surface area contributed by atoms with Gasteiger partial charge in [0.05, 0.1) is 0 Å². The van der Waals surface area contributed by atoms with Crippen molar-refractivity contribution in [2.75, 3.05) is 0 Å². The molecule has 1 aromatic rings. The number of rotatable bonds is 4. The third kappa shape index (κ3) is 5.76. The summed E-state index contributed by atoms with van der Waals surface area (Å²) in [4.78, 5) is 24.3. The standard InChI is InChI=1S/C16H22ClNO3/c1-10(2)13(15(20)21-16(3,4)5)18-14(19)11-6-8-12(17)9-7-11/h6-10,13H,1-5H3,(H,18,19)/t13-/m1/s1. The minimum atomic E-state index is -0.688. The van der Waals surface area contributed by atoms with Gasteiger partial charge >= 0.3 is 5.97 Å². The first-order valence-corrected chi connectivity index (χ1v) is 7.27. The van der Waals surface area contributed by atoms with Crippen LogP contribution in [0.5, 0.6) is 0 Å². The summed E-state index contributed by atoms with van der Waals surface area (Å²) < 4.78 is 5.34. The quantitative estimate of drug-likeness (QED) is 0.867. The van der Waals surface area contributed by atoms with E-state index in [1.807, 2.05) is 13.8 Å². The van der Waals surface area contributed by atoms with E-state index in [0.29, 0.717) is 10.6 Å². The van der Waals surface area contributed by atoms with E-state index < -0.39 is 17.6 Å². The number of hydrogen-bond donors (Lipinski definition) is 1. The Morgan fingerprint density at radius 1 is 1.14 bits per heavy atom. The van der Waals surface area contributed by atoms with Crippen LogP contribution in [0.3, 0.4) is 0 Å².